The summed E-state index contributed by atoms with van der Waals surface area (Å²) in [5.41, 5.74) is 5.78. The number of aromatic amines is 1. The van der Waals surface area contributed by atoms with Crippen LogP contribution in [0.15, 0.2) is 71.8 Å². The van der Waals surface area contributed by atoms with Crippen molar-refractivity contribution in [1.82, 2.24) is 29.9 Å². The number of fused-ring (bicyclic) bond motifs is 1. The van der Waals surface area contributed by atoms with Crippen molar-refractivity contribution in [3.8, 4) is 33.9 Å². The number of pyridine rings is 1. The molecule has 37 heavy (non-hydrogen) atoms. The second-order valence-electron chi connectivity index (χ2n) is 9.45. The van der Waals surface area contributed by atoms with E-state index in [9.17, 15) is 9.90 Å². The number of rotatable bonds is 6. The number of nitrogens with one attached hydrogen (secondary N) is 1. The Morgan fingerprint density at radius 1 is 1.05 bits per heavy atom. The SMILES string of the molecule is COc1cc(-c2ccc(-c3ccc(C4CN(Cc5ccc(=O)[nH]c5)C4)nn3)c(O)c2)cc2cn(C)nc12. The van der Waals surface area contributed by atoms with Gasteiger partial charge in [-0.3, -0.25) is 14.4 Å². The maximum absolute atomic E-state index is 11.2. The summed E-state index contributed by atoms with van der Waals surface area (Å²) < 4.78 is 7.30. The predicted octanol–water partition coefficient (Wildman–Crippen LogP) is 3.70. The van der Waals surface area contributed by atoms with Crippen molar-refractivity contribution in [2.75, 3.05) is 20.2 Å². The summed E-state index contributed by atoms with van der Waals surface area (Å²) in [7, 11) is 3.51. The van der Waals surface area contributed by atoms with Gasteiger partial charge in [0, 0.05) is 62.0 Å². The molecule has 1 aliphatic heterocycles. The molecule has 0 bridgehead atoms. The summed E-state index contributed by atoms with van der Waals surface area (Å²) in [5.74, 6) is 1.14. The van der Waals surface area contributed by atoms with Gasteiger partial charge < -0.3 is 14.8 Å². The summed E-state index contributed by atoms with van der Waals surface area (Å²) in [6.07, 6.45) is 3.70. The van der Waals surface area contributed by atoms with Crippen LogP contribution in [0.5, 0.6) is 11.5 Å². The van der Waals surface area contributed by atoms with Crippen LogP contribution in [-0.2, 0) is 13.6 Å². The Hall–Kier alpha value is -4.50. The molecule has 0 atom stereocenters. The quantitative estimate of drug-likeness (QED) is 0.370. The number of H-pyrrole nitrogens is 1. The Kier molecular flexibility index (Phi) is 5.69. The number of aromatic nitrogens is 5. The first-order valence-electron chi connectivity index (χ1n) is 12.1. The molecule has 1 aliphatic rings. The number of aromatic hydroxyl groups is 1. The summed E-state index contributed by atoms with van der Waals surface area (Å²) in [6, 6.07) is 16.8. The van der Waals surface area contributed by atoms with Crippen LogP contribution in [0.2, 0.25) is 0 Å². The summed E-state index contributed by atoms with van der Waals surface area (Å²) in [6.45, 7) is 2.56. The van der Waals surface area contributed by atoms with Crippen molar-refractivity contribution in [3.05, 3.63) is 88.6 Å². The zero-order valence-corrected chi connectivity index (χ0v) is 20.5. The molecule has 9 nitrogen and oxygen atoms in total. The van der Waals surface area contributed by atoms with Gasteiger partial charge in [0.15, 0.2) is 0 Å². The van der Waals surface area contributed by atoms with Crippen LogP contribution in [0.4, 0.5) is 0 Å². The van der Waals surface area contributed by atoms with Crippen molar-refractivity contribution < 1.29 is 9.84 Å². The molecule has 2 aromatic carbocycles. The highest BCUT2D eigenvalue weighted by Gasteiger charge is 2.29. The molecule has 9 heteroatoms. The molecule has 0 radical (unpaired) electrons. The number of aryl methyl sites for hydroxylation is 1. The number of methoxy groups -OCH3 is 1. The van der Waals surface area contributed by atoms with Gasteiger partial charge in [0.25, 0.3) is 0 Å². The topological polar surface area (TPSA) is 109 Å². The van der Waals surface area contributed by atoms with Gasteiger partial charge in [-0.25, -0.2) is 0 Å². The van der Waals surface area contributed by atoms with E-state index < -0.39 is 0 Å². The minimum atomic E-state index is -0.0901. The van der Waals surface area contributed by atoms with Gasteiger partial charge in [-0.1, -0.05) is 12.1 Å². The van der Waals surface area contributed by atoms with Gasteiger partial charge in [0.1, 0.15) is 17.0 Å². The molecule has 3 aromatic heterocycles. The van der Waals surface area contributed by atoms with Crippen LogP contribution in [0, 0.1) is 0 Å². The Morgan fingerprint density at radius 3 is 2.62 bits per heavy atom. The summed E-state index contributed by atoms with van der Waals surface area (Å²) in [5, 5.41) is 25.1. The average Bonchev–Trinajstić information content (AvgIpc) is 3.27. The molecule has 5 aromatic rings. The summed E-state index contributed by atoms with van der Waals surface area (Å²) in [4.78, 5) is 16.2. The van der Waals surface area contributed by atoms with E-state index in [2.05, 4.69) is 25.2 Å². The Balaban J connectivity index is 1.16. The largest absolute Gasteiger partial charge is 0.507 e. The second kappa shape index (κ2) is 9.18. The van der Waals surface area contributed by atoms with E-state index in [-0.39, 0.29) is 11.3 Å². The van der Waals surface area contributed by atoms with E-state index in [0.29, 0.717) is 22.9 Å². The first-order chi connectivity index (χ1) is 18.0. The molecule has 186 valence electrons. The fourth-order valence-corrected chi connectivity index (χ4v) is 4.86. The molecular formula is C28H26N6O3. The van der Waals surface area contributed by atoms with E-state index in [1.807, 2.05) is 55.7 Å². The number of hydrogen-bond acceptors (Lipinski definition) is 7. The maximum atomic E-state index is 11.2. The third-order valence-electron chi connectivity index (χ3n) is 6.83. The van der Waals surface area contributed by atoms with Crippen molar-refractivity contribution >= 4 is 10.9 Å². The molecule has 0 unspecified atom stereocenters. The lowest BCUT2D eigenvalue weighted by atomic mass is 9.95. The van der Waals surface area contributed by atoms with Crippen LogP contribution in [0.1, 0.15) is 17.2 Å². The third kappa shape index (κ3) is 4.45. The number of benzene rings is 2. The van der Waals surface area contributed by atoms with E-state index in [0.717, 1.165) is 52.9 Å². The second-order valence-corrected chi connectivity index (χ2v) is 9.45. The van der Waals surface area contributed by atoms with Gasteiger partial charge in [-0.15, -0.1) is 0 Å². The zero-order valence-electron chi connectivity index (χ0n) is 20.5. The molecule has 0 amide bonds. The fourth-order valence-electron chi connectivity index (χ4n) is 4.86. The van der Waals surface area contributed by atoms with E-state index in [1.165, 1.54) is 0 Å². The van der Waals surface area contributed by atoms with Crippen LogP contribution in [0.3, 0.4) is 0 Å². The molecule has 1 saturated heterocycles. The van der Waals surface area contributed by atoms with Gasteiger partial charge in [-0.2, -0.15) is 15.3 Å². The lowest BCUT2D eigenvalue weighted by Crippen LogP contribution is -2.44. The van der Waals surface area contributed by atoms with Gasteiger partial charge in [0.2, 0.25) is 5.56 Å². The van der Waals surface area contributed by atoms with Crippen molar-refractivity contribution in [2.24, 2.45) is 7.05 Å². The molecular weight excluding hydrogens is 468 g/mol. The van der Waals surface area contributed by atoms with Crippen LogP contribution >= 0.6 is 0 Å². The van der Waals surface area contributed by atoms with Crippen molar-refractivity contribution in [1.29, 1.82) is 0 Å². The number of hydrogen-bond donors (Lipinski definition) is 2. The smallest absolute Gasteiger partial charge is 0.247 e. The number of phenols is 1. The fraction of sp³-hybridized carbons (Fsp3) is 0.214. The van der Waals surface area contributed by atoms with Crippen LogP contribution in [0.25, 0.3) is 33.3 Å². The average molecular weight is 495 g/mol. The Morgan fingerprint density at radius 2 is 1.92 bits per heavy atom. The molecule has 0 aliphatic carbocycles. The number of likely N-dealkylation sites (tertiary alicyclic amines) is 1. The zero-order chi connectivity index (χ0) is 25.5. The minimum absolute atomic E-state index is 0.0901. The van der Waals surface area contributed by atoms with Crippen LogP contribution in [-0.4, -0.2) is 55.2 Å². The molecule has 6 rings (SSSR count). The standard InChI is InChI=1S/C28H26N6O3/c1-33-14-20-9-19(11-26(37-2)28(20)32-33)18-4-5-22(25(35)10-18)24-7-6-23(30-31-24)21-15-34(16-21)13-17-3-8-27(36)29-12-17/h3-12,14,21,35H,13,15-16H2,1-2H3,(H,29,36). The number of phenolic OH excluding ortho intramolecular Hbond substituents is 1. The van der Waals surface area contributed by atoms with E-state index in [4.69, 9.17) is 4.74 Å². The Labute approximate surface area is 213 Å². The van der Waals surface area contributed by atoms with Crippen molar-refractivity contribution in [3.63, 3.8) is 0 Å². The number of ether oxygens (including phenoxy) is 1. The van der Waals surface area contributed by atoms with Gasteiger partial charge >= 0.3 is 0 Å². The maximum Gasteiger partial charge on any atom is 0.247 e. The lowest BCUT2D eigenvalue weighted by molar-refractivity contribution is 0.136. The predicted molar refractivity (Wildman–Crippen MR) is 140 cm³/mol. The molecule has 4 heterocycles. The number of nitrogens with zero attached hydrogens (tertiary/aromatic N) is 5. The van der Waals surface area contributed by atoms with Gasteiger partial charge in [0.05, 0.1) is 18.5 Å². The lowest BCUT2D eigenvalue weighted by Gasteiger charge is -2.38. The molecule has 1 fully saturated rings. The normalized spacial score (nSPS) is 14.1. The third-order valence-corrected chi connectivity index (χ3v) is 6.83. The Bertz CT molecular complexity index is 1630. The molecule has 2 N–H and O–H groups in total. The van der Waals surface area contributed by atoms with Gasteiger partial charge in [-0.05, 0) is 53.1 Å². The monoisotopic (exact) mass is 494 g/mol. The van der Waals surface area contributed by atoms with E-state index >= 15 is 0 Å². The minimum Gasteiger partial charge on any atom is -0.507 e. The van der Waals surface area contributed by atoms with Crippen LogP contribution < -0.4 is 10.3 Å². The highest BCUT2D eigenvalue weighted by molar-refractivity contribution is 5.90. The highest BCUT2D eigenvalue weighted by Crippen LogP contribution is 2.36. The van der Waals surface area contributed by atoms with Crippen molar-refractivity contribution in [2.45, 2.75) is 12.5 Å². The first kappa shape index (κ1) is 22.9. The summed E-state index contributed by atoms with van der Waals surface area (Å²) >= 11 is 0. The molecule has 0 saturated carbocycles. The highest BCUT2D eigenvalue weighted by atomic mass is 16.5. The first-order valence-corrected chi connectivity index (χ1v) is 12.1. The van der Waals surface area contributed by atoms with E-state index in [1.54, 1.807) is 30.1 Å². The molecule has 0 spiro atoms.